The Morgan fingerprint density at radius 2 is 1.49 bits per heavy atom. The van der Waals surface area contributed by atoms with Crippen molar-refractivity contribution in [2.45, 2.75) is 13.3 Å². The summed E-state index contributed by atoms with van der Waals surface area (Å²) in [7, 11) is 1.56. The highest BCUT2D eigenvalue weighted by atomic mass is 79.9. The zero-order chi connectivity index (χ0) is 26.4. The van der Waals surface area contributed by atoms with Crippen molar-refractivity contribution in [1.82, 2.24) is 4.68 Å². The van der Waals surface area contributed by atoms with Crippen molar-refractivity contribution >= 4 is 55.9 Å². The predicted octanol–water partition coefficient (Wildman–Crippen LogP) is 5.16. The second kappa shape index (κ2) is 11.6. The number of halogens is 1. The van der Waals surface area contributed by atoms with Crippen LogP contribution < -0.4 is 25.5 Å². The van der Waals surface area contributed by atoms with Gasteiger partial charge in [-0.2, -0.15) is 0 Å². The van der Waals surface area contributed by atoms with Gasteiger partial charge in [0.05, 0.1) is 19.2 Å². The lowest BCUT2D eigenvalue weighted by Gasteiger charge is -2.13. The van der Waals surface area contributed by atoms with Crippen molar-refractivity contribution in [2.75, 3.05) is 29.8 Å². The van der Waals surface area contributed by atoms with E-state index in [1.165, 1.54) is 4.68 Å². The summed E-state index contributed by atoms with van der Waals surface area (Å²) in [5.74, 6) is -0.978. The molecule has 0 aliphatic rings. The molecule has 0 radical (unpaired) electrons. The van der Waals surface area contributed by atoms with E-state index in [0.717, 1.165) is 10.9 Å². The van der Waals surface area contributed by atoms with Crippen LogP contribution in [0.5, 0.6) is 11.5 Å². The fraction of sp³-hybridized carbons (Fsp3) is 0.148. The van der Waals surface area contributed by atoms with Crippen LogP contribution in [-0.2, 0) is 9.59 Å². The Morgan fingerprint density at radius 1 is 0.838 bits per heavy atom. The molecule has 3 N–H and O–H groups in total. The van der Waals surface area contributed by atoms with Gasteiger partial charge >= 0.3 is 11.8 Å². The van der Waals surface area contributed by atoms with E-state index in [1.54, 1.807) is 73.8 Å². The largest absolute Gasteiger partial charge is 0.497 e. The number of carbonyl (C=O) groups excluding carboxylic acids is 3. The van der Waals surface area contributed by atoms with Gasteiger partial charge in [-0.1, -0.05) is 22.9 Å². The first-order chi connectivity index (χ1) is 17.9. The highest BCUT2D eigenvalue weighted by molar-refractivity contribution is 9.10. The number of ether oxygens (including phenoxy) is 2. The summed E-state index contributed by atoms with van der Waals surface area (Å²) in [6, 6.07) is 20.5. The lowest BCUT2D eigenvalue weighted by Crippen LogP contribution is -2.36. The second-order valence-electron chi connectivity index (χ2n) is 8.02. The minimum Gasteiger partial charge on any atom is -0.497 e. The number of amides is 3. The Kier molecular flexibility index (Phi) is 8.09. The van der Waals surface area contributed by atoms with Crippen LogP contribution in [0.2, 0.25) is 0 Å². The van der Waals surface area contributed by atoms with Crippen molar-refractivity contribution in [3.05, 3.63) is 83.0 Å². The summed E-state index contributed by atoms with van der Waals surface area (Å²) in [5.41, 5.74) is 4.20. The summed E-state index contributed by atoms with van der Waals surface area (Å²) in [4.78, 5) is 38.6. The molecule has 1 aromatic heterocycles. The number of benzene rings is 3. The standard InChI is InChI=1S/C27H25BrN4O5/c1-3-14-37-22-11-7-20(8-12-22)30-26(34)27(35)31-32-23-13-4-18(28)15-17(23)16-24(32)25(33)29-19-5-9-21(36-2)10-6-19/h4-13,15-16H,3,14H2,1-2H3,(H,29,33)(H,30,34)(H,31,35). The van der Waals surface area contributed by atoms with Crippen molar-refractivity contribution < 1.29 is 23.9 Å². The molecule has 0 aliphatic carbocycles. The molecule has 1 heterocycles. The molecule has 0 atom stereocenters. The monoisotopic (exact) mass is 564 g/mol. The van der Waals surface area contributed by atoms with Gasteiger partial charge in [0.25, 0.3) is 5.91 Å². The first-order valence-electron chi connectivity index (χ1n) is 11.5. The average Bonchev–Trinajstić information content (AvgIpc) is 3.25. The van der Waals surface area contributed by atoms with Gasteiger partial charge in [0.1, 0.15) is 17.2 Å². The molecule has 0 spiro atoms. The molecule has 4 aromatic rings. The van der Waals surface area contributed by atoms with Gasteiger partial charge in [-0.15, -0.1) is 0 Å². The van der Waals surface area contributed by atoms with Gasteiger partial charge in [-0.3, -0.25) is 19.8 Å². The highest BCUT2D eigenvalue weighted by Crippen LogP contribution is 2.24. The molecule has 3 aromatic carbocycles. The zero-order valence-corrected chi connectivity index (χ0v) is 21.8. The number of rotatable bonds is 8. The Hall–Kier alpha value is -4.31. The third-order valence-corrected chi connectivity index (χ3v) is 5.84. The van der Waals surface area contributed by atoms with Crippen molar-refractivity contribution in [3.8, 4) is 11.5 Å². The minimum atomic E-state index is -0.940. The quantitative estimate of drug-likeness (QED) is 0.256. The number of nitrogens with one attached hydrogen (secondary N) is 3. The second-order valence-corrected chi connectivity index (χ2v) is 8.93. The smallest absolute Gasteiger partial charge is 0.328 e. The van der Waals surface area contributed by atoms with Crippen LogP contribution in [0.15, 0.2) is 77.3 Å². The molecule has 0 bridgehead atoms. The van der Waals surface area contributed by atoms with Crippen LogP contribution in [0, 0.1) is 0 Å². The van der Waals surface area contributed by atoms with Crippen LogP contribution >= 0.6 is 15.9 Å². The number of anilines is 2. The Bertz CT molecular complexity index is 1430. The molecule has 0 saturated heterocycles. The Labute approximate surface area is 221 Å². The first-order valence-corrected chi connectivity index (χ1v) is 12.3. The van der Waals surface area contributed by atoms with E-state index < -0.39 is 17.7 Å². The molecular weight excluding hydrogens is 540 g/mol. The Balaban J connectivity index is 1.53. The summed E-state index contributed by atoms with van der Waals surface area (Å²) in [6.45, 7) is 2.60. The highest BCUT2D eigenvalue weighted by Gasteiger charge is 2.21. The molecule has 3 amide bonds. The van der Waals surface area contributed by atoms with Crippen molar-refractivity contribution in [3.63, 3.8) is 0 Å². The van der Waals surface area contributed by atoms with E-state index in [9.17, 15) is 14.4 Å². The first kappa shape index (κ1) is 25.8. The van der Waals surface area contributed by atoms with Crippen molar-refractivity contribution in [1.29, 1.82) is 0 Å². The van der Waals surface area contributed by atoms with Gasteiger partial charge in [-0.25, -0.2) is 4.68 Å². The lowest BCUT2D eigenvalue weighted by atomic mass is 10.2. The summed E-state index contributed by atoms with van der Waals surface area (Å²) >= 11 is 3.42. The topological polar surface area (TPSA) is 111 Å². The van der Waals surface area contributed by atoms with Gasteiger partial charge in [-0.05, 0) is 79.2 Å². The molecule has 190 valence electrons. The molecule has 0 fully saturated rings. The number of aromatic nitrogens is 1. The summed E-state index contributed by atoms with van der Waals surface area (Å²) in [5, 5.41) is 6.04. The fourth-order valence-corrected chi connectivity index (χ4v) is 3.92. The number of methoxy groups -OCH3 is 1. The van der Waals surface area contributed by atoms with Crippen LogP contribution in [0.4, 0.5) is 11.4 Å². The van der Waals surface area contributed by atoms with Crippen LogP contribution in [0.25, 0.3) is 10.9 Å². The van der Waals surface area contributed by atoms with E-state index in [1.807, 2.05) is 13.0 Å². The number of fused-ring (bicyclic) bond motifs is 1. The third kappa shape index (κ3) is 6.28. The maximum atomic E-state index is 13.2. The maximum absolute atomic E-state index is 13.2. The molecule has 10 heteroatoms. The molecule has 0 saturated carbocycles. The minimum absolute atomic E-state index is 0.141. The zero-order valence-electron chi connectivity index (χ0n) is 20.2. The molecule has 0 unspecified atom stereocenters. The van der Waals surface area contributed by atoms with Crippen LogP contribution in [0.1, 0.15) is 23.8 Å². The van der Waals surface area contributed by atoms with Crippen LogP contribution in [0.3, 0.4) is 0 Å². The van der Waals surface area contributed by atoms with Gasteiger partial charge < -0.3 is 20.1 Å². The van der Waals surface area contributed by atoms with E-state index in [4.69, 9.17) is 9.47 Å². The molecule has 9 nitrogen and oxygen atoms in total. The molecule has 4 rings (SSSR count). The number of nitrogens with zero attached hydrogens (tertiary/aromatic N) is 1. The normalized spacial score (nSPS) is 10.6. The lowest BCUT2D eigenvalue weighted by molar-refractivity contribution is -0.133. The predicted molar refractivity (Wildman–Crippen MR) is 146 cm³/mol. The third-order valence-electron chi connectivity index (χ3n) is 5.35. The van der Waals surface area contributed by atoms with Crippen LogP contribution in [-0.4, -0.2) is 36.1 Å². The van der Waals surface area contributed by atoms with Crippen molar-refractivity contribution in [2.24, 2.45) is 0 Å². The maximum Gasteiger partial charge on any atom is 0.328 e. The summed E-state index contributed by atoms with van der Waals surface area (Å²) in [6.07, 6.45) is 0.879. The van der Waals surface area contributed by atoms with Gasteiger partial charge in [0.2, 0.25) is 0 Å². The molecular formula is C27H25BrN4O5. The Morgan fingerprint density at radius 3 is 2.14 bits per heavy atom. The summed E-state index contributed by atoms with van der Waals surface area (Å²) < 4.78 is 12.8. The number of hydrogen-bond donors (Lipinski definition) is 3. The van der Waals surface area contributed by atoms with Gasteiger partial charge in [0, 0.05) is 21.2 Å². The van der Waals surface area contributed by atoms with Gasteiger partial charge in [0.15, 0.2) is 0 Å². The molecule has 0 aliphatic heterocycles. The fourth-order valence-electron chi connectivity index (χ4n) is 3.54. The number of hydrogen-bond acceptors (Lipinski definition) is 5. The van der Waals surface area contributed by atoms with E-state index in [0.29, 0.717) is 40.4 Å². The number of carbonyl (C=O) groups is 3. The van der Waals surface area contributed by atoms with E-state index in [2.05, 4.69) is 32.0 Å². The van der Waals surface area contributed by atoms with E-state index in [-0.39, 0.29) is 5.69 Å². The van der Waals surface area contributed by atoms with E-state index >= 15 is 0 Å². The molecule has 37 heavy (non-hydrogen) atoms. The average molecular weight is 565 g/mol. The SMILES string of the molecule is CCCOc1ccc(NC(=O)C(=O)Nn2c(C(=O)Nc3ccc(OC)cc3)cc3cc(Br)ccc32)cc1.